The van der Waals surface area contributed by atoms with Crippen LogP contribution in [0, 0.1) is 29.5 Å². The largest absolute Gasteiger partial charge is 0.376 e. The van der Waals surface area contributed by atoms with Gasteiger partial charge in [-0.3, -0.25) is 4.79 Å². The molecule has 0 saturated heterocycles. The maximum atomic E-state index is 13.9. The van der Waals surface area contributed by atoms with Crippen molar-refractivity contribution in [3.05, 3.63) is 34.6 Å². The van der Waals surface area contributed by atoms with Gasteiger partial charge < -0.3 is 10.1 Å². The minimum Gasteiger partial charge on any atom is -0.376 e. The molecule has 0 heterocycles. The van der Waals surface area contributed by atoms with Crippen molar-refractivity contribution in [1.29, 1.82) is 0 Å². The van der Waals surface area contributed by atoms with E-state index in [1.807, 2.05) is 0 Å². The molecular weight excluding hydrogens is 341 g/mol. The van der Waals surface area contributed by atoms with Crippen LogP contribution in [-0.4, -0.2) is 25.2 Å². The monoisotopic (exact) mass is 365 g/mol. The van der Waals surface area contributed by atoms with Gasteiger partial charge in [-0.25, -0.2) is 4.39 Å². The first-order chi connectivity index (χ1) is 12.0. The van der Waals surface area contributed by atoms with Crippen LogP contribution in [0.3, 0.4) is 0 Å². The van der Waals surface area contributed by atoms with Crippen molar-refractivity contribution >= 4 is 17.5 Å². The Labute approximate surface area is 153 Å². The summed E-state index contributed by atoms with van der Waals surface area (Å²) in [6, 6.07) is 4.50. The Morgan fingerprint density at radius 3 is 2.44 bits per heavy atom. The normalized spacial score (nSPS) is 35.8. The third-order valence-corrected chi connectivity index (χ3v) is 7.22. The number of hydrogen-bond acceptors (Lipinski definition) is 2. The van der Waals surface area contributed by atoms with Gasteiger partial charge in [-0.15, -0.1) is 0 Å². The molecule has 0 aliphatic heterocycles. The predicted octanol–water partition coefficient (Wildman–Crippen LogP) is 3.98. The van der Waals surface area contributed by atoms with Gasteiger partial charge in [0.2, 0.25) is 5.91 Å². The molecule has 4 aliphatic carbocycles. The summed E-state index contributed by atoms with van der Waals surface area (Å²) in [4.78, 5) is 12.4. The number of amides is 1. The van der Waals surface area contributed by atoms with Crippen LogP contribution in [-0.2, 0) is 16.0 Å². The molecule has 5 heteroatoms. The Bertz CT molecular complexity index is 629. The van der Waals surface area contributed by atoms with Crippen LogP contribution in [0.2, 0.25) is 5.02 Å². The lowest BCUT2D eigenvalue weighted by molar-refractivity contribution is -0.188. The van der Waals surface area contributed by atoms with Crippen molar-refractivity contribution in [3.63, 3.8) is 0 Å². The van der Waals surface area contributed by atoms with Crippen LogP contribution >= 0.6 is 11.6 Å². The van der Waals surface area contributed by atoms with Crippen LogP contribution in [0.4, 0.5) is 4.39 Å². The summed E-state index contributed by atoms with van der Waals surface area (Å²) in [6.07, 6.45) is 6.22. The average Bonchev–Trinajstić information content (AvgIpc) is 2.58. The molecule has 136 valence electrons. The lowest BCUT2D eigenvalue weighted by Gasteiger charge is -2.60. The van der Waals surface area contributed by atoms with Crippen molar-refractivity contribution in [2.45, 2.75) is 44.1 Å². The van der Waals surface area contributed by atoms with Crippen molar-refractivity contribution in [2.75, 3.05) is 13.7 Å². The third-order valence-electron chi connectivity index (χ3n) is 6.86. The molecule has 4 bridgehead atoms. The van der Waals surface area contributed by atoms with Gasteiger partial charge in [0.25, 0.3) is 0 Å². The van der Waals surface area contributed by atoms with E-state index in [1.165, 1.54) is 38.2 Å². The molecule has 1 aromatic rings. The fourth-order valence-corrected chi connectivity index (χ4v) is 6.07. The van der Waals surface area contributed by atoms with Crippen LogP contribution in [0.15, 0.2) is 18.2 Å². The number of carbonyl (C=O) groups is 1. The third kappa shape index (κ3) is 2.97. The molecule has 3 nitrogen and oxygen atoms in total. The van der Waals surface area contributed by atoms with E-state index >= 15 is 0 Å². The Morgan fingerprint density at radius 1 is 1.24 bits per heavy atom. The van der Waals surface area contributed by atoms with Gasteiger partial charge in [0.05, 0.1) is 12.0 Å². The van der Waals surface area contributed by atoms with Gasteiger partial charge in [0.15, 0.2) is 0 Å². The molecule has 1 amide bonds. The van der Waals surface area contributed by atoms with Gasteiger partial charge in [-0.2, -0.15) is 0 Å². The predicted molar refractivity (Wildman–Crippen MR) is 94.9 cm³/mol. The number of ether oxygens (including phenoxy) is 1. The van der Waals surface area contributed by atoms with Crippen molar-refractivity contribution in [1.82, 2.24) is 5.32 Å². The molecule has 4 aliphatic rings. The van der Waals surface area contributed by atoms with E-state index in [-0.39, 0.29) is 23.5 Å². The number of halogens is 2. The average molecular weight is 366 g/mol. The van der Waals surface area contributed by atoms with E-state index in [4.69, 9.17) is 16.3 Å². The number of rotatable bonds is 5. The van der Waals surface area contributed by atoms with Crippen LogP contribution in [0.5, 0.6) is 0 Å². The highest BCUT2D eigenvalue weighted by molar-refractivity contribution is 6.31. The minimum atomic E-state index is -0.432. The Hall–Kier alpha value is -1.13. The van der Waals surface area contributed by atoms with Crippen LogP contribution < -0.4 is 5.32 Å². The maximum Gasteiger partial charge on any atom is 0.224 e. The molecule has 4 saturated carbocycles. The molecule has 0 aromatic heterocycles. The minimum absolute atomic E-state index is 0.0358. The Balaban J connectivity index is 1.44. The summed E-state index contributed by atoms with van der Waals surface area (Å²) in [6.45, 7) is 0.517. The van der Waals surface area contributed by atoms with E-state index in [9.17, 15) is 9.18 Å². The zero-order valence-electron chi connectivity index (χ0n) is 14.6. The second kappa shape index (κ2) is 6.55. The zero-order valence-corrected chi connectivity index (χ0v) is 15.3. The van der Waals surface area contributed by atoms with E-state index in [2.05, 4.69) is 5.32 Å². The lowest BCUT2D eigenvalue weighted by Crippen LogP contribution is -2.63. The highest BCUT2D eigenvalue weighted by Gasteiger charge is 2.57. The van der Waals surface area contributed by atoms with Gasteiger partial charge in [-0.05, 0) is 67.9 Å². The zero-order chi connectivity index (χ0) is 17.6. The standard InChI is InChI=1S/C20H25ClFNO2/c1-25-20(14-6-12-5-13(8-14)9-15(20)7-12)11-23-19(24)10-16-17(21)3-2-4-18(16)22/h2-4,12-15H,5-11H2,1H3,(H,23,24). The number of nitrogens with one attached hydrogen (secondary N) is 1. The molecule has 0 unspecified atom stereocenters. The number of hydrogen-bond donors (Lipinski definition) is 1. The molecular formula is C20H25ClFNO2. The number of carbonyl (C=O) groups excluding carboxylic acids is 1. The van der Waals surface area contributed by atoms with Crippen LogP contribution in [0.1, 0.15) is 37.7 Å². The summed E-state index contributed by atoms with van der Waals surface area (Å²) in [5.41, 5.74) is 0.0143. The summed E-state index contributed by atoms with van der Waals surface area (Å²) >= 11 is 6.03. The topological polar surface area (TPSA) is 38.3 Å². The van der Waals surface area contributed by atoms with Crippen molar-refractivity contribution in [3.8, 4) is 0 Å². The first kappa shape index (κ1) is 17.3. The number of benzene rings is 1. The quantitative estimate of drug-likeness (QED) is 0.857. The van der Waals surface area contributed by atoms with Crippen LogP contribution in [0.25, 0.3) is 0 Å². The molecule has 5 rings (SSSR count). The van der Waals surface area contributed by atoms with Gasteiger partial charge in [0.1, 0.15) is 5.82 Å². The molecule has 4 fully saturated rings. The maximum absolute atomic E-state index is 13.9. The van der Waals surface area contributed by atoms with Crippen molar-refractivity contribution in [2.24, 2.45) is 23.7 Å². The smallest absolute Gasteiger partial charge is 0.224 e. The molecule has 1 N–H and O–H groups in total. The van der Waals surface area contributed by atoms with Gasteiger partial charge in [-0.1, -0.05) is 17.7 Å². The molecule has 0 radical (unpaired) electrons. The van der Waals surface area contributed by atoms with E-state index < -0.39 is 5.82 Å². The second-order valence-corrected chi connectivity index (χ2v) is 8.52. The van der Waals surface area contributed by atoms with Gasteiger partial charge in [0, 0.05) is 24.2 Å². The summed E-state index contributed by atoms with van der Waals surface area (Å²) in [5.74, 6) is 2.13. The summed E-state index contributed by atoms with van der Waals surface area (Å²) < 4.78 is 19.9. The molecule has 1 aromatic carbocycles. The highest BCUT2D eigenvalue weighted by atomic mass is 35.5. The summed E-state index contributed by atoms with van der Waals surface area (Å²) in [5, 5.41) is 3.31. The Morgan fingerprint density at radius 2 is 1.88 bits per heavy atom. The van der Waals surface area contributed by atoms with Crippen molar-refractivity contribution < 1.29 is 13.9 Å². The highest BCUT2D eigenvalue weighted by Crippen LogP contribution is 2.59. The van der Waals surface area contributed by atoms with E-state index in [0.717, 1.165) is 11.8 Å². The fraction of sp³-hybridized carbons (Fsp3) is 0.650. The lowest BCUT2D eigenvalue weighted by atomic mass is 9.49. The van der Waals surface area contributed by atoms with E-state index in [1.54, 1.807) is 19.2 Å². The molecule has 25 heavy (non-hydrogen) atoms. The van der Waals surface area contributed by atoms with E-state index in [0.29, 0.717) is 23.4 Å². The van der Waals surface area contributed by atoms with Gasteiger partial charge >= 0.3 is 0 Å². The molecule has 0 atom stereocenters. The SMILES string of the molecule is COC1(CNC(=O)Cc2c(F)cccc2Cl)C2CC3CC(C2)CC1C3. The molecule has 0 spiro atoms. The first-order valence-electron chi connectivity index (χ1n) is 9.26. The second-order valence-electron chi connectivity index (χ2n) is 8.12. The Kier molecular flexibility index (Phi) is 4.53. The first-order valence-corrected chi connectivity index (χ1v) is 9.64. The summed E-state index contributed by atoms with van der Waals surface area (Å²) in [7, 11) is 1.78. The number of methoxy groups -OCH3 is 1. The fourth-order valence-electron chi connectivity index (χ4n) is 5.84.